The minimum Gasteiger partial charge on any atom is -0.372 e. The van der Waals surface area contributed by atoms with Gasteiger partial charge in [-0.05, 0) is 76.7 Å². The van der Waals surface area contributed by atoms with Gasteiger partial charge in [-0.3, -0.25) is 28.8 Å². The first kappa shape index (κ1) is 51.5. The maximum atomic E-state index is 13.9. The molecule has 0 saturated carbocycles. The van der Waals surface area contributed by atoms with Crippen molar-refractivity contribution in [1.29, 1.82) is 0 Å². The molecule has 8 amide bonds. The summed E-state index contributed by atoms with van der Waals surface area (Å²) in [7, 11) is 0. The molecule has 1 fully saturated rings. The third-order valence-electron chi connectivity index (χ3n) is 10.4. The molecule has 348 valence electrons. The summed E-state index contributed by atoms with van der Waals surface area (Å²) in [6, 6.07) is 11.9. The summed E-state index contributed by atoms with van der Waals surface area (Å²) in [5.41, 5.74) is 19.3. The highest BCUT2D eigenvalue weighted by atomic mass is 16.2. The molecule has 5 rings (SSSR count). The summed E-state index contributed by atoms with van der Waals surface area (Å²) in [6.45, 7) is 6.63. The Bertz CT molecular complexity index is 2060. The molecular formula is C44H65N13O7. The van der Waals surface area contributed by atoms with E-state index in [9.17, 15) is 28.8 Å². The third kappa shape index (κ3) is 17.9. The van der Waals surface area contributed by atoms with Crippen LogP contribution in [0, 0.1) is 6.92 Å². The van der Waals surface area contributed by atoms with E-state index in [0.717, 1.165) is 18.4 Å². The molecule has 64 heavy (non-hydrogen) atoms. The number of primary amides is 2. The molecule has 20 nitrogen and oxygen atoms in total. The van der Waals surface area contributed by atoms with E-state index in [4.69, 9.17) is 16.3 Å². The van der Waals surface area contributed by atoms with Gasteiger partial charge in [-0.25, -0.2) is 9.78 Å². The van der Waals surface area contributed by atoms with Crippen LogP contribution in [0.2, 0.25) is 0 Å². The minimum absolute atomic E-state index is 0.00961. The van der Waals surface area contributed by atoms with E-state index in [1.54, 1.807) is 24.3 Å². The molecule has 2 aromatic carbocycles. The summed E-state index contributed by atoms with van der Waals surface area (Å²) < 4.78 is 0. The molecule has 1 aliphatic rings. The van der Waals surface area contributed by atoms with Gasteiger partial charge in [0.25, 0.3) is 0 Å². The number of hydrogen-bond donors (Lipinski definition) is 11. The highest BCUT2D eigenvalue weighted by molar-refractivity contribution is 5.96. The lowest BCUT2D eigenvalue weighted by atomic mass is 10.0. The lowest BCUT2D eigenvalue weighted by Crippen LogP contribution is -2.60. The van der Waals surface area contributed by atoms with Crippen LogP contribution in [0.25, 0.3) is 10.9 Å². The Kier molecular flexibility index (Phi) is 22.6. The summed E-state index contributed by atoms with van der Waals surface area (Å²) in [5.74, 6) is -2.89. The standard InChI is InChI=1S/C34H53N11O6.C9H9N.CH3NO/c1-22-9-6-7-14-37-15-16-45(34(36)51)23(2)30(47)43-28(18-25-19-38-21-40-25)33(50)44-27(17-24-10-4-3-5-11-24)32(49)42-26(12-8-13-35)31(48)39-20-29(46)41-22;1-7-6-10-9-5-3-2-4-8(7)9;2-1-3/h3-5,10-11,19,21-23,26-28,37H,6-9,12-18,20,35H2,1-2H3,(H2,36,51)(H,38,40)(H,39,48)(H,41,46)(H,42,49)(H,43,47)(H,44,50);2-6,10H,1H3;1H,(H2,2,3). The average molecular weight is 888 g/mol. The fourth-order valence-corrected chi connectivity index (χ4v) is 6.88. The number of amides is 8. The van der Waals surface area contributed by atoms with E-state index in [1.807, 2.05) is 25.3 Å². The Morgan fingerprint density at radius 1 is 0.828 bits per heavy atom. The summed E-state index contributed by atoms with van der Waals surface area (Å²) >= 11 is 0. The van der Waals surface area contributed by atoms with Crippen molar-refractivity contribution < 1.29 is 33.6 Å². The van der Waals surface area contributed by atoms with Crippen molar-refractivity contribution in [3.8, 4) is 0 Å². The Balaban J connectivity index is 0.000000712. The van der Waals surface area contributed by atoms with E-state index in [2.05, 4.69) is 77.7 Å². The van der Waals surface area contributed by atoms with Gasteiger partial charge in [0.15, 0.2) is 0 Å². The molecule has 0 radical (unpaired) electrons. The molecule has 2 aromatic heterocycles. The molecule has 1 saturated heterocycles. The number of H-pyrrole nitrogens is 2. The van der Waals surface area contributed by atoms with Crippen LogP contribution in [0.15, 0.2) is 73.3 Å². The van der Waals surface area contributed by atoms with E-state index in [-0.39, 0.29) is 57.3 Å². The van der Waals surface area contributed by atoms with Gasteiger partial charge in [-0.1, -0.05) is 55.0 Å². The predicted molar refractivity (Wildman–Crippen MR) is 243 cm³/mol. The highest BCUT2D eigenvalue weighted by Gasteiger charge is 2.32. The second kappa shape index (κ2) is 28.0. The van der Waals surface area contributed by atoms with Crippen molar-refractivity contribution in [3.05, 3.63) is 90.1 Å². The smallest absolute Gasteiger partial charge is 0.315 e. The van der Waals surface area contributed by atoms with Crippen LogP contribution < -0.4 is 49.1 Å². The predicted octanol–water partition coefficient (Wildman–Crippen LogP) is 0.130. The highest BCUT2D eigenvalue weighted by Crippen LogP contribution is 2.15. The van der Waals surface area contributed by atoms with Gasteiger partial charge in [0.2, 0.25) is 35.9 Å². The molecule has 0 spiro atoms. The zero-order valence-electron chi connectivity index (χ0n) is 36.9. The normalized spacial score (nSPS) is 21.2. The number of nitrogens with two attached hydrogens (primary N) is 3. The minimum atomic E-state index is -1.19. The summed E-state index contributed by atoms with van der Waals surface area (Å²) in [6.07, 6.45) is 8.17. The first-order chi connectivity index (χ1) is 30.8. The number of para-hydroxylation sites is 1. The first-order valence-electron chi connectivity index (χ1n) is 21.4. The second-order valence-corrected chi connectivity index (χ2v) is 15.4. The number of nitrogens with one attached hydrogen (secondary N) is 8. The van der Waals surface area contributed by atoms with Crippen molar-refractivity contribution in [3.63, 3.8) is 0 Å². The number of benzene rings is 2. The van der Waals surface area contributed by atoms with Crippen molar-refractivity contribution >= 4 is 52.9 Å². The van der Waals surface area contributed by atoms with Crippen molar-refractivity contribution in [1.82, 2.24) is 51.8 Å². The average Bonchev–Trinajstić information content (AvgIpc) is 3.94. The zero-order chi connectivity index (χ0) is 46.9. The third-order valence-corrected chi connectivity index (χ3v) is 10.4. The van der Waals surface area contributed by atoms with Crippen molar-refractivity contribution in [2.24, 2.45) is 17.2 Å². The van der Waals surface area contributed by atoms with E-state index >= 15 is 0 Å². The summed E-state index contributed by atoms with van der Waals surface area (Å²) in [4.78, 5) is 99.5. The van der Waals surface area contributed by atoms with E-state index in [0.29, 0.717) is 31.6 Å². The SMILES string of the molecule is CC1CCCCNCCN(C(N)=O)C(C)C(=O)NC(Cc2cnc[nH]2)C(=O)NC(Cc2ccccc2)C(=O)NC(CCCN)C(=O)NCC(=O)N1.Cc1c[nH]c2ccccc12.NC=O. The summed E-state index contributed by atoms with van der Waals surface area (Å²) in [5, 5.41) is 18.3. The van der Waals surface area contributed by atoms with Crippen LogP contribution in [-0.4, -0.2) is 125 Å². The van der Waals surface area contributed by atoms with E-state index < -0.39 is 53.8 Å². The number of imidazole rings is 1. The zero-order valence-corrected chi connectivity index (χ0v) is 36.9. The van der Waals surface area contributed by atoms with Crippen molar-refractivity contribution in [2.75, 3.05) is 32.7 Å². The number of aromatic nitrogens is 3. The van der Waals surface area contributed by atoms with Crippen LogP contribution in [-0.2, 0) is 41.6 Å². The van der Waals surface area contributed by atoms with Gasteiger partial charge in [0.05, 0.1) is 12.9 Å². The quantitative estimate of drug-likeness (QED) is 0.112. The number of urea groups is 1. The van der Waals surface area contributed by atoms with Crippen LogP contribution >= 0.6 is 0 Å². The number of nitrogens with zero attached hydrogens (tertiary/aromatic N) is 2. The monoisotopic (exact) mass is 888 g/mol. The lowest BCUT2D eigenvalue weighted by Gasteiger charge is -2.29. The number of carbonyl (C=O) groups is 7. The van der Waals surface area contributed by atoms with Gasteiger partial charge in [-0.2, -0.15) is 0 Å². The number of aryl methyl sites for hydroxylation is 1. The molecule has 5 atom stereocenters. The van der Waals surface area contributed by atoms with Gasteiger partial charge in [0.1, 0.15) is 24.2 Å². The van der Waals surface area contributed by atoms with Gasteiger partial charge >= 0.3 is 6.03 Å². The number of carbonyl (C=O) groups excluding carboxylic acids is 7. The Morgan fingerprint density at radius 3 is 2.14 bits per heavy atom. The van der Waals surface area contributed by atoms with Crippen molar-refractivity contribution in [2.45, 2.75) is 95.9 Å². The maximum Gasteiger partial charge on any atom is 0.315 e. The molecule has 3 heterocycles. The van der Waals surface area contributed by atoms with Crippen LogP contribution in [0.5, 0.6) is 0 Å². The molecule has 5 unspecified atom stereocenters. The van der Waals surface area contributed by atoms with Crippen LogP contribution in [0.4, 0.5) is 4.79 Å². The fourth-order valence-electron chi connectivity index (χ4n) is 6.88. The number of fused-ring (bicyclic) bond motifs is 1. The van der Waals surface area contributed by atoms with Gasteiger partial charge < -0.3 is 64.0 Å². The molecular weight excluding hydrogens is 823 g/mol. The topological polar surface area (TPSA) is 317 Å². The Labute approximate surface area is 373 Å². The maximum absolute atomic E-state index is 13.9. The molecule has 14 N–H and O–H groups in total. The fraction of sp³-hybridized carbons (Fsp3) is 0.455. The Hall–Kier alpha value is -6.80. The van der Waals surface area contributed by atoms with Crippen LogP contribution in [0.1, 0.15) is 62.8 Å². The van der Waals surface area contributed by atoms with Gasteiger partial charge in [0, 0.05) is 61.0 Å². The lowest BCUT2D eigenvalue weighted by molar-refractivity contribution is -0.134. The Morgan fingerprint density at radius 2 is 1.48 bits per heavy atom. The number of rotatable bonds is 7. The number of aromatic amines is 2. The molecule has 20 heteroatoms. The van der Waals surface area contributed by atoms with Gasteiger partial charge in [-0.15, -0.1) is 0 Å². The van der Waals surface area contributed by atoms with E-state index in [1.165, 1.54) is 40.8 Å². The second-order valence-electron chi connectivity index (χ2n) is 15.4. The molecule has 0 aliphatic carbocycles. The molecule has 1 aliphatic heterocycles. The largest absolute Gasteiger partial charge is 0.372 e. The van der Waals surface area contributed by atoms with Crippen LogP contribution in [0.3, 0.4) is 0 Å². The molecule has 0 bridgehead atoms. The first-order valence-corrected chi connectivity index (χ1v) is 21.4. The number of hydrogen-bond acceptors (Lipinski definition) is 10. The molecule has 4 aromatic rings.